The minimum Gasteiger partial charge on any atom is -0.497 e. The Morgan fingerprint density at radius 1 is 1.08 bits per heavy atom. The van der Waals surface area contributed by atoms with Crippen LogP contribution in [0, 0.1) is 0 Å². The summed E-state index contributed by atoms with van der Waals surface area (Å²) in [6.45, 7) is 5.44. The number of hydrogen-bond donors (Lipinski definition) is 1. The van der Waals surface area contributed by atoms with Crippen molar-refractivity contribution in [3.63, 3.8) is 0 Å². The number of likely N-dealkylation sites (N-methyl/N-ethyl adjacent to an activating group) is 1. The van der Waals surface area contributed by atoms with Crippen LogP contribution in [0.2, 0.25) is 0 Å². The van der Waals surface area contributed by atoms with Gasteiger partial charge in [0.25, 0.3) is 0 Å². The van der Waals surface area contributed by atoms with Gasteiger partial charge in [-0.2, -0.15) is 0 Å². The van der Waals surface area contributed by atoms with Gasteiger partial charge in [0.15, 0.2) is 0 Å². The van der Waals surface area contributed by atoms with E-state index in [0.29, 0.717) is 13.1 Å². The number of nitrogens with zero attached hydrogens (tertiary/aromatic N) is 1. The molecular formula is C21H28N2O2. The van der Waals surface area contributed by atoms with Gasteiger partial charge in [-0.15, -0.1) is 0 Å². The first-order chi connectivity index (χ1) is 12.1. The monoisotopic (exact) mass is 340 g/mol. The zero-order valence-electron chi connectivity index (χ0n) is 15.4. The highest BCUT2D eigenvalue weighted by Crippen LogP contribution is 2.14. The lowest BCUT2D eigenvalue weighted by Gasteiger charge is -2.28. The fraction of sp³-hybridized carbons (Fsp3) is 0.381. The van der Waals surface area contributed by atoms with Gasteiger partial charge < -0.3 is 15.0 Å². The molecule has 0 heterocycles. The van der Waals surface area contributed by atoms with E-state index in [0.717, 1.165) is 18.6 Å². The van der Waals surface area contributed by atoms with Crippen molar-refractivity contribution in [2.24, 2.45) is 0 Å². The third-order valence-corrected chi connectivity index (χ3v) is 4.36. The molecule has 0 aliphatic rings. The van der Waals surface area contributed by atoms with Gasteiger partial charge in [-0.25, -0.2) is 4.79 Å². The van der Waals surface area contributed by atoms with E-state index in [-0.39, 0.29) is 12.1 Å². The third kappa shape index (κ3) is 5.82. The van der Waals surface area contributed by atoms with Crippen molar-refractivity contribution in [1.82, 2.24) is 10.2 Å². The van der Waals surface area contributed by atoms with Gasteiger partial charge in [-0.3, -0.25) is 0 Å². The summed E-state index contributed by atoms with van der Waals surface area (Å²) in [6, 6.07) is 18.4. The molecule has 0 radical (unpaired) electrons. The van der Waals surface area contributed by atoms with Gasteiger partial charge in [-0.1, -0.05) is 42.5 Å². The number of methoxy groups -OCH3 is 1. The van der Waals surface area contributed by atoms with Crippen LogP contribution >= 0.6 is 0 Å². The lowest BCUT2D eigenvalue weighted by Crippen LogP contribution is -2.46. The first kappa shape index (κ1) is 18.8. The van der Waals surface area contributed by atoms with Crippen molar-refractivity contribution in [2.75, 3.05) is 20.2 Å². The smallest absolute Gasteiger partial charge is 0.317 e. The normalized spacial score (nSPS) is 11.6. The molecule has 4 heteroatoms. The van der Waals surface area contributed by atoms with Crippen molar-refractivity contribution in [2.45, 2.75) is 32.7 Å². The fourth-order valence-electron chi connectivity index (χ4n) is 2.93. The molecule has 0 saturated carbocycles. The van der Waals surface area contributed by atoms with Crippen LogP contribution in [0.3, 0.4) is 0 Å². The average molecular weight is 340 g/mol. The summed E-state index contributed by atoms with van der Waals surface area (Å²) in [5.74, 6) is 0.849. The maximum Gasteiger partial charge on any atom is 0.317 e. The zero-order valence-corrected chi connectivity index (χ0v) is 15.4. The van der Waals surface area contributed by atoms with Crippen molar-refractivity contribution in [1.29, 1.82) is 0 Å². The average Bonchev–Trinajstić information content (AvgIpc) is 2.64. The standard InChI is InChI=1S/C21H28N2O2/c1-4-23(17(2)16-19-10-12-20(25-3)13-11-19)21(24)22-15-14-18-8-6-5-7-9-18/h5-13,17H,4,14-16H2,1-3H3,(H,22,24). The summed E-state index contributed by atoms with van der Waals surface area (Å²) >= 11 is 0. The molecule has 0 bridgehead atoms. The van der Waals surface area contributed by atoms with Gasteiger partial charge in [-0.05, 0) is 49.9 Å². The van der Waals surface area contributed by atoms with Crippen LogP contribution in [0.4, 0.5) is 4.79 Å². The van der Waals surface area contributed by atoms with Gasteiger partial charge in [0, 0.05) is 19.1 Å². The topological polar surface area (TPSA) is 41.6 Å². The van der Waals surface area contributed by atoms with E-state index >= 15 is 0 Å². The summed E-state index contributed by atoms with van der Waals surface area (Å²) < 4.78 is 5.19. The second-order valence-corrected chi connectivity index (χ2v) is 6.15. The van der Waals surface area contributed by atoms with Crippen molar-refractivity contribution in [3.05, 3.63) is 65.7 Å². The number of urea groups is 1. The first-order valence-corrected chi connectivity index (χ1v) is 8.85. The zero-order chi connectivity index (χ0) is 18.1. The van der Waals surface area contributed by atoms with Crippen LogP contribution < -0.4 is 10.1 Å². The highest BCUT2D eigenvalue weighted by Gasteiger charge is 2.18. The highest BCUT2D eigenvalue weighted by atomic mass is 16.5. The maximum absolute atomic E-state index is 12.5. The van der Waals surface area contributed by atoms with Crippen molar-refractivity contribution < 1.29 is 9.53 Å². The Balaban J connectivity index is 1.84. The Hall–Kier alpha value is -2.49. The molecule has 0 spiro atoms. The van der Waals surface area contributed by atoms with E-state index in [9.17, 15) is 4.79 Å². The van der Waals surface area contributed by atoms with Crippen LogP contribution in [-0.2, 0) is 12.8 Å². The molecule has 4 nitrogen and oxygen atoms in total. The predicted octanol–water partition coefficient (Wildman–Crippen LogP) is 3.90. The van der Waals surface area contributed by atoms with Crippen molar-refractivity contribution in [3.8, 4) is 5.75 Å². The number of carbonyl (C=O) groups excluding carboxylic acids is 1. The van der Waals surface area contributed by atoms with Gasteiger partial charge in [0.2, 0.25) is 0 Å². The van der Waals surface area contributed by atoms with Gasteiger partial charge in [0.1, 0.15) is 5.75 Å². The predicted molar refractivity (Wildman–Crippen MR) is 102 cm³/mol. The summed E-state index contributed by atoms with van der Waals surface area (Å²) in [7, 11) is 1.66. The summed E-state index contributed by atoms with van der Waals surface area (Å²) in [6.07, 6.45) is 1.67. The summed E-state index contributed by atoms with van der Waals surface area (Å²) in [5, 5.41) is 3.03. The van der Waals surface area contributed by atoms with E-state index in [1.807, 2.05) is 42.2 Å². The number of amides is 2. The van der Waals surface area contributed by atoms with Crippen LogP contribution in [0.25, 0.3) is 0 Å². The van der Waals surface area contributed by atoms with E-state index in [4.69, 9.17) is 4.74 Å². The Morgan fingerprint density at radius 2 is 1.76 bits per heavy atom. The molecule has 0 aliphatic heterocycles. The SMILES string of the molecule is CCN(C(=O)NCCc1ccccc1)C(C)Cc1ccc(OC)cc1. The van der Waals surface area contributed by atoms with E-state index in [1.54, 1.807) is 7.11 Å². The molecule has 1 unspecified atom stereocenters. The number of carbonyl (C=O) groups is 1. The molecule has 1 atom stereocenters. The molecule has 0 aliphatic carbocycles. The van der Waals surface area contributed by atoms with E-state index in [2.05, 4.69) is 36.5 Å². The minimum atomic E-state index is -0.000516. The molecule has 0 fully saturated rings. The Bertz CT molecular complexity index is 641. The van der Waals surface area contributed by atoms with Crippen LogP contribution in [0.1, 0.15) is 25.0 Å². The molecule has 0 saturated heterocycles. The lowest BCUT2D eigenvalue weighted by molar-refractivity contribution is 0.182. The van der Waals surface area contributed by atoms with Crippen LogP contribution in [-0.4, -0.2) is 37.2 Å². The Labute approximate surface area is 150 Å². The van der Waals surface area contributed by atoms with Gasteiger partial charge in [0.05, 0.1) is 7.11 Å². The van der Waals surface area contributed by atoms with Gasteiger partial charge >= 0.3 is 6.03 Å². The fourth-order valence-corrected chi connectivity index (χ4v) is 2.93. The lowest BCUT2D eigenvalue weighted by atomic mass is 10.1. The molecule has 0 aromatic heterocycles. The van der Waals surface area contributed by atoms with Crippen LogP contribution in [0.5, 0.6) is 5.75 Å². The molecule has 1 N–H and O–H groups in total. The van der Waals surface area contributed by atoms with E-state index < -0.39 is 0 Å². The molecule has 2 amide bonds. The Morgan fingerprint density at radius 3 is 2.36 bits per heavy atom. The minimum absolute atomic E-state index is 0.000516. The quantitative estimate of drug-likeness (QED) is 0.792. The maximum atomic E-state index is 12.5. The van der Waals surface area contributed by atoms with Crippen molar-refractivity contribution >= 4 is 6.03 Å². The molecule has 2 aromatic rings. The first-order valence-electron chi connectivity index (χ1n) is 8.85. The Kier molecular flexibility index (Phi) is 7.33. The molecule has 2 aromatic carbocycles. The second-order valence-electron chi connectivity index (χ2n) is 6.15. The summed E-state index contributed by atoms with van der Waals surface area (Å²) in [5.41, 5.74) is 2.43. The molecule has 25 heavy (non-hydrogen) atoms. The summed E-state index contributed by atoms with van der Waals surface area (Å²) in [4.78, 5) is 14.4. The molecular weight excluding hydrogens is 312 g/mol. The number of rotatable bonds is 8. The van der Waals surface area contributed by atoms with Crippen LogP contribution in [0.15, 0.2) is 54.6 Å². The molecule has 134 valence electrons. The number of ether oxygens (including phenoxy) is 1. The van der Waals surface area contributed by atoms with E-state index in [1.165, 1.54) is 11.1 Å². The third-order valence-electron chi connectivity index (χ3n) is 4.36. The largest absolute Gasteiger partial charge is 0.497 e. The second kappa shape index (κ2) is 9.72. The highest BCUT2D eigenvalue weighted by molar-refractivity contribution is 5.74. The number of nitrogens with one attached hydrogen (secondary N) is 1. The number of benzene rings is 2. The molecule has 2 rings (SSSR count). The number of hydrogen-bond acceptors (Lipinski definition) is 2.